The van der Waals surface area contributed by atoms with Crippen LogP contribution in [0.1, 0.15) is 26.3 Å². The number of hydrogen-bond acceptors (Lipinski definition) is 6. The predicted molar refractivity (Wildman–Crippen MR) is 199 cm³/mol. The Morgan fingerprint density at radius 1 is 0.647 bits per heavy atom. The summed E-state index contributed by atoms with van der Waals surface area (Å²) in [7, 11) is 0. The summed E-state index contributed by atoms with van der Waals surface area (Å²) in [6.45, 7) is 6.62. The summed E-state index contributed by atoms with van der Waals surface area (Å²) >= 11 is 0. The van der Waals surface area contributed by atoms with Gasteiger partial charge in [0.05, 0.1) is 22.3 Å². The Bertz CT molecular complexity index is 2420. The van der Waals surface area contributed by atoms with Crippen LogP contribution in [-0.4, -0.2) is 34.6 Å². The third-order valence-electron chi connectivity index (χ3n) is 8.73. The van der Waals surface area contributed by atoms with Crippen LogP contribution in [0.3, 0.4) is 0 Å². The Kier molecular flexibility index (Phi) is 9.15. The molecule has 0 radical (unpaired) electrons. The number of nitrogens with zero attached hydrogens (tertiary/aromatic N) is 6. The normalized spacial score (nSPS) is 11.4. The van der Waals surface area contributed by atoms with Crippen LogP contribution in [0.2, 0.25) is 0 Å². The molecule has 0 bridgehead atoms. The number of pyridine rings is 2. The van der Waals surface area contributed by atoms with E-state index in [2.05, 4.69) is 55.0 Å². The monoisotopic (exact) mass is 844 g/mol. The SMILES string of the molecule is CC(C)(C)c1cc(-c2ccccn2)[c-]c(-c2cccc3c2nc(-c2ccccc2O)n3-c2cc(-c3cccnc3)nc(-c3ccccc3)n2)c1.[Pt]. The van der Waals surface area contributed by atoms with Crippen LogP contribution >= 0.6 is 0 Å². The molecular weight excluding hydrogens is 812 g/mol. The molecule has 0 aliphatic heterocycles. The minimum Gasteiger partial charge on any atom is -0.507 e. The number of aromatic hydroxyl groups is 1. The van der Waals surface area contributed by atoms with Gasteiger partial charge in [0, 0.05) is 62.5 Å². The van der Waals surface area contributed by atoms with Crippen molar-refractivity contribution in [3.05, 3.63) is 152 Å². The first-order valence-corrected chi connectivity index (χ1v) is 16.5. The van der Waals surface area contributed by atoms with Gasteiger partial charge < -0.3 is 5.11 Å². The maximum absolute atomic E-state index is 11.2. The minimum absolute atomic E-state index is 0. The predicted octanol–water partition coefficient (Wildman–Crippen LogP) is 9.74. The Morgan fingerprint density at radius 2 is 1.39 bits per heavy atom. The number of phenols is 1. The number of phenolic OH excluding ortho intramolecular Hbond substituents is 1. The average molecular weight is 845 g/mol. The Morgan fingerprint density at radius 3 is 2.14 bits per heavy atom. The summed E-state index contributed by atoms with van der Waals surface area (Å²) < 4.78 is 2.01. The third-order valence-corrected chi connectivity index (χ3v) is 8.73. The molecule has 4 aromatic carbocycles. The first-order valence-electron chi connectivity index (χ1n) is 16.5. The first kappa shape index (κ1) is 33.7. The number of aromatic nitrogens is 6. The topological polar surface area (TPSA) is 89.6 Å². The van der Waals surface area contributed by atoms with E-state index in [-0.39, 0.29) is 32.2 Å². The van der Waals surface area contributed by atoms with Crippen LogP contribution < -0.4 is 0 Å². The molecule has 0 spiro atoms. The molecule has 8 aromatic rings. The molecule has 0 aliphatic carbocycles. The van der Waals surface area contributed by atoms with Crippen LogP contribution in [0.15, 0.2) is 140 Å². The average Bonchev–Trinajstić information content (AvgIpc) is 3.55. The largest absolute Gasteiger partial charge is 0.507 e. The molecule has 4 heterocycles. The van der Waals surface area contributed by atoms with Crippen LogP contribution in [-0.2, 0) is 26.5 Å². The Balaban J connectivity index is 0.00000406. The van der Waals surface area contributed by atoms with E-state index in [1.54, 1.807) is 24.7 Å². The summed E-state index contributed by atoms with van der Waals surface area (Å²) in [4.78, 5) is 24.4. The fourth-order valence-corrected chi connectivity index (χ4v) is 6.13. The number of fused-ring (bicyclic) bond motifs is 1. The molecule has 0 atom stereocenters. The number of benzene rings is 4. The van der Waals surface area contributed by atoms with Crippen LogP contribution in [0.25, 0.3) is 73.3 Å². The van der Waals surface area contributed by atoms with Crippen molar-refractivity contribution < 1.29 is 26.2 Å². The van der Waals surface area contributed by atoms with E-state index in [1.807, 2.05) is 102 Å². The number of hydrogen-bond donors (Lipinski definition) is 1. The molecule has 8 heteroatoms. The molecule has 0 fully saturated rings. The van der Waals surface area contributed by atoms with Gasteiger partial charge in [-0.1, -0.05) is 98.6 Å². The minimum atomic E-state index is -0.126. The van der Waals surface area contributed by atoms with Crippen molar-refractivity contribution in [2.24, 2.45) is 0 Å². The van der Waals surface area contributed by atoms with Crippen molar-refractivity contribution in [3.63, 3.8) is 0 Å². The first-order chi connectivity index (χ1) is 24.3. The zero-order valence-corrected chi connectivity index (χ0v) is 30.5. The Labute approximate surface area is 311 Å². The van der Waals surface area contributed by atoms with E-state index in [4.69, 9.17) is 15.0 Å². The molecule has 7 nitrogen and oxygen atoms in total. The molecule has 4 aromatic heterocycles. The van der Waals surface area contributed by atoms with Crippen molar-refractivity contribution >= 4 is 11.0 Å². The summed E-state index contributed by atoms with van der Waals surface area (Å²) in [6, 6.07) is 43.1. The van der Waals surface area contributed by atoms with Gasteiger partial charge in [-0.3, -0.25) is 14.5 Å². The fourth-order valence-electron chi connectivity index (χ4n) is 6.13. The van der Waals surface area contributed by atoms with Crippen molar-refractivity contribution in [2.75, 3.05) is 0 Å². The van der Waals surface area contributed by atoms with Crippen molar-refractivity contribution in [3.8, 4) is 68.0 Å². The van der Waals surface area contributed by atoms with Gasteiger partial charge in [0.1, 0.15) is 17.4 Å². The number of rotatable bonds is 6. The molecule has 8 rings (SSSR count). The molecule has 51 heavy (non-hydrogen) atoms. The van der Waals surface area contributed by atoms with Gasteiger partial charge in [-0.25, -0.2) is 15.0 Å². The van der Waals surface area contributed by atoms with E-state index in [0.717, 1.165) is 55.8 Å². The van der Waals surface area contributed by atoms with Crippen molar-refractivity contribution in [1.29, 1.82) is 0 Å². The quantitative estimate of drug-likeness (QED) is 0.168. The standard InChI is InChI=1S/C43H33N6O.Pt/c1-43(2,3)32-24-30(23-31(25-32)35-18-9-10-22-45-35)33-17-11-19-37-40(33)48-42(34-16-7-8-20-38(34)50)49(37)39-26-36(29-15-12-21-44-27-29)46-41(47-39)28-13-5-4-6-14-28;/h4-22,24-27,50H,1-3H3;/q-1;. The smallest absolute Gasteiger partial charge is 0.162 e. The molecule has 0 saturated carbocycles. The van der Waals surface area contributed by atoms with Crippen LogP contribution in [0.5, 0.6) is 5.75 Å². The molecule has 0 saturated heterocycles. The molecule has 252 valence electrons. The maximum atomic E-state index is 11.2. The summed E-state index contributed by atoms with van der Waals surface area (Å²) in [5.41, 5.74) is 9.22. The summed E-state index contributed by atoms with van der Waals surface area (Å²) in [5.74, 6) is 1.85. The summed E-state index contributed by atoms with van der Waals surface area (Å²) in [6.07, 6.45) is 5.35. The van der Waals surface area contributed by atoms with E-state index in [0.29, 0.717) is 23.0 Å². The van der Waals surface area contributed by atoms with Gasteiger partial charge in [-0.05, 0) is 41.8 Å². The van der Waals surface area contributed by atoms with Crippen molar-refractivity contribution in [2.45, 2.75) is 26.2 Å². The third kappa shape index (κ3) is 6.61. The van der Waals surface area contributed by atoms with E-state index in [1.165, 1.54) is 0 Å². The van der Waals surface area contributed by atoms with Gasteiger partial charge >= 0.3 is 0 Å². The van der Waals surface area contributed by atoms with E-state index >= 15 is 0 Å². The molecular formula is C43H33N6OPt-. The van der Waals surface area contributed by atoms with E-state index in [9.17, 15) is 5.11 Å². The van der Waals surface area contributed by atoms with Gasteiger partial charge in [0.15, 0.2) is 5.82 Å². The van der Waals surface area contributed by atoms with Crippen LogP contribution in [0.4, 0.5) is 0 Å². The Hall–Kier alpha value is -5.78. The molecule has 0 amide bonds. The van der Waals surface area contributed by atoms with Crippen molar-refractivity contribution in [1.82, 2.24) is 29.5 Å². The number of imidazole rings is 1. The zero-order valence-electron chi connectivity index (χ0n) is 28.2. The second-order valence-electron chi connectivity index (χ2n) is 13.2. The van der Waals surface area contributed by atoms with E-state index < -0.39 is 0 Å². The zero-order chi connectivity index (χ0) is 34.2. The second-order valence-corrected chi connectivity index (χ2v) is 13.2. The van der Waals surface area contributed by atoms with Gasteiger partial charge in [-0.2, -0.15) is 0 Å². The fraction of sp³-hybridized carbons (Fsp3) is 0.0930. The van der Waals surface area contributed by atoms with Gasteiger partial charge in [-0.15, -0.1) is 29.3 Å². The number of para-hydroxylation sites is 2. The van der Waals surface area contributed by atoms with Gasteiger partial charge in [0.2, 0.25) is 0 Å². The summed E-state index contributed by atoms with van der Waals surface area (Å²) in [5, 5.41) is 11.2. The van der Waals surface area contributed by atoms with Crippen LogP contribution in [0, 0.1) is 6.07 Å². The second kappa shape index (κ2) is 13.9. The molecule has 0 aliphatic rings. The molecule has 1 N–H and O–H groups in total. The maximum Gasteiger partial charge on any atom is 0.162 e. The molecule has 0 unspecified atom stereocenters. The van der Waals surface area contributed by atoms with Gasteiger partial charge in [0.25, 0.3) is 0 Å².